The van der Waals surface area contributed by atoms with Crippen molar-refractivity contribution in [3.63, 3.8) is 0 Å². The zero-order valence-corrected chi connectivity index (χ0v) is 15.0. The quantitative estimate of drug-likeness (QED) is 0.824. The molecule has 0 spiro atoms. The van der Waals surface area contributed by atoms with Gasteiger partial charge in [-0.2, -0.15) is 5.26 Å². The van der Waals surface area contributed by atoms with Crippen molar-refractivity contribution in [2.45, 2.75) is 25.4 Å². The Labute approximate surface area is 156 Å². The molecule has 1 heterocycles. The maximum atomic E-state index is 14.1. The number of carbonyl (C=O) groups is 2. The van der Waals surface area contributed by atoms with E-state index < -0.39 is 23.3 Å². The number of carbonyl (C=O) groups excluding carboxylic acids is 2. The molecule has 0 saturated carbocycles. The van der Waals surface area contributed by atoms with E-state index in [0.717, 1.165) is 11.0 Å². The van der Waals surface area contributed by atoms with Crippen molar-refractivity contribution in [1.29, 1.82) is 5.26 Å². The molecule has 0 unspecified atom stereocenters. The molecule has 1 fully saturated rings. The number of amides is 3. The number of benzene rings is 2. The minimum atomic E-state index is -1.22. The van der Waals surface area contributed by atoms with Crippen LogP contribution in [-0.2, 0) is 16.9 Å². The second kappa shape index (κ2) is 7.08. The average molecular weight is 367 g/mol. The lowest BCUT2D eigenvalue weighted by atomic mass is 9.87. The Kier molecular flexibility index (Phi) is 4.82. The largest absolute Gasteiger partial charge is 0.497 e. The summed E-state index contributed by atoms with van der Waals surface area (Å²) in [4.78, 5) is 26.6. The molecule has 0 radical (unpaired) electrons. The van der Waals surface area contributed by atoms with E-state index in [2.05, 4.69) is 5.32 Å². The van der Waals surface area contributed by atoms with Crippen molar-refractivity contribution in [3.8, 4) is 11.8 Å². The zero-order chi connectivity index (χ0) is 19.6. The molecule has 7 heteroatoms. The van der Waals surface area contributed by atoms with Gasteiger partial charge in [0.05, 0.1) is 25.3 Å². The molecule has 138 valence electrons. The number of ether oxygens (including phenoxy) is 1. The second-order valence-corrected chi connectivity index (χ2v) is 6.23. The Morgan fingerprint density at radius 3 is 2.52 bits per heavy atom. The topological polar surface area (TPSA) is 82.4 Å². The summed E-state index contributed by atoms with van der Waals surface area (Å²) in [6.45, 7) is 1.55. The summed E-state index contributed by atoms with van der Waals surface area (Å²) >= 11 is 0. The zero-order valence-electron chi connectivity index (χ0n) is 15.0. The predicted octanol–water partition coefficient (Wildman–Crippen LogP) is 3.06. The Hall–Kier alpha value is -3.40. The summed E-state index contributed by atoms with van der Waals surface area (Å²) in [5.41, 5.74) is -0.223. The fourth-order valence-electron chi connectivity index (χ4n) is 3.22. The van der Waals surface area contributed by atoms with Crippen molar-refractivity contribution >= 4 is 11.9 Å². The number of urea groups is 1. The van der Waals surface area contributed by atoms with E-state index in [-0.39, 0.29) is 17.7 Å². The second-order valence-electron chi connectivity index (χ2n) is 6.23. The number of nitrogens with zero attached hydrogens (tertiary/aromatic N) is 2. The Balaban J connectivity index is 1.94. The van der Waals surface area contributed by atoms with E-state index in [4.69, 9.17) is 10.00 Å². The van der Waals surface area contributed by atoms with Crippen LogP contribution in [0.2, 0.25) is 0 Å². The van der Waals surface area contributed by atoms with Gasteiger partial charge in [-0.1, -0.05) is 19.1 Å². The summed E-state index contributed by atoms with van der Waals surface area (Å²) in [7, 11) is 1.54. The normalized spacial score (nSPS) is 19.0. The Morgan fingerprint density at radius 2 is 1.93 bits per heavy atom. The smallest absolute Gasteiger partial charge is 0.325 e. The van der Waals surface area contributed by atoms with Gasteiger partial charge in [0.1, 0.15) is 17.1 Å². The van der Waals surface area contributed by atoms with E-state index in [1.165, 1.54) is 12.1 Å². The number of nitrogens with one attached hydrogen (secondary N) is 1. The van der Waals surface area contributed by atoms with E-state index in [0.29, 0.717) is 17.7 Å². The van der Waals surface area contributed by atoms with Gasteiger partial charge in [0.25, 0.3) is 5.91 Å². The van der Waals surface area contributed by atoms with Gasteiger partial charge in [0.15, 0.2) is 0 Å². The third-order valence-corrected chi connectivity index (χ3v) is 4.79. The fraction of sp³-hybridized carbons (Fsp3) is 0.250. The monoisotopic (exact) mass is 367 g/mol. The van der Waals surface area contributed by atoms with E-state index in [9.17, 15) is 14.0 Å². The highest BCUT2D eigenvalue weighted by Crippen LogP contribution is 2.34. The predicted molar refractivity (Wildman–Crippen MR) is 95.2 cm³/mol. The van der Waals surface area contributed by atoms with E-state index in [1.807, 2.05) is 6.07 Å². The van der Waals surface area contributed by atoms with Crippen LogP contribution in [0.25, 0.3) is 0 Å². The first-order chi connectivity index (χ1) is 12.9. The molecular weight excluding hydrogens is 349 g/mol. The number of methoxy groups -OCH3 is 1. The number of nitriles is 1. The van der Waals surface area contributed by atoms with Crippen molar-refractivity contribution in [2.75, 3.05) is 7.11 Å². The summed E-state index contributed by atoms with van der Waals surface area (Å²) in [6.07, 6.45) is 0.334. The minimum Gasteiger partial charge on any atom is -0.497 e. The molecule has 6 nitrogen and oxygen atoms in total. The molecule has 3 rings (SSSR count). The van der Waals surface area contributed by atoms with Crippen LogP contribution >= 0.6 is 0 Å². The van der Waals surface area contributed by atoms with Gasteiger partial charge in [0.2, 0.25) is 0 Å². The average Bonchev–Trinajstić information content (AvgIpc) is 2.94. The van der Waals surface area contributed by atoms with Crippen LogP contribution in [0.5, 0.6) is 5.75 Å². The van der Waals surface area contributed by atoms with Crippen molar-refractivity contribution in [1.82, 2.24) is 10.2 Å². The fourth-order valence-corrected chi connectivity index (χ4v) is 3.22. The maximum absolute atomic E-state index is 14.1. The van der Waals surface area contributed by atoms with Crippen LogP contribution in [-0.4, -0.2) is 23.9 Å². The van der Waals surface area contributed by atoms with Gasteiger partial charge in [-0.3, -0.25) is 9.69 Å². The highest BCUT2D eigenvalue weighted by Gasteiger charge is 2.51. The van der Waals surface area contributed by atoms with Crippen LogP contribution in [0.1, 0.15) is 30.0 Å². The van der Waals surface area contributed by atoms with Gasteiger partial charge in [0, 0.05) is 5.56 Å². The van der Waals surface area contributed by atoms with Crippen LogP contribution in [0, 0.1) is 17.1 Å². The van der Waals surface area contributed by atoms with Crippen LogP contribution < -0.4 is 10.1 Å². The SMILES string of the molecule is CC[C@]1(c2ccc(OC)cc2)NC(=O)N(Cc2cc(C#N)ccc2F)C1=O. The standard InChI is InChI=1S/C20H18FN3O3/c1-3-20(15-5-7-16(27-2)8-6-15)18(25)24(19(26)23-20)12-14-10-13(11-22)4-9-17(14)21/h4-10H,3,12H2,1-2H3,(H,23,26)/t20-/m1/s1. The van der Waals surface area contributed by atoms with Crippen LogP contribution in [0.15, 0.2) is 42.5 Å². The summed E-state index contributed by atoms with van der Waals surface area (Å²) in [6, 6.07) is 12.0. The molecular formula is C20H18FN3O3. The Morgan fingerprint density at radius 1 is 1.22 bits per heavy atom. The highest BCUT2D eigenvalue weighted by molar-refractivity contribution is 6.07. The van der Waals surface area contributed by atoms with E-state index in [1.54, 1.807) is 38.3 Å². The molecule has 0 aliphatic carbocycles. The first-order valence-electron chi connectivity index (χ1n) is 8.42. The van der Waals surface area contributed by atoms with Gasteiger partial charge < -0.3 is 10.1 Å². The molecule has 1 atom stereocenters. The lowest BCUT2D eigenvalue weighted by molar-refractivity contribution is -0.132. The summed E-state index contributed by atoms with van der Waals surface area (Å²) < 4.78 is 19.2. The molecule has 1 N–H and O–H groups in total. The number of imide groups is 1. The molecule has 0 bridgehead atoms. The van der Waals surface area contributed by atoms with Gasteiger partial charge in [-0.25, -0.2) is 9.18 Å². The number of halogens is 1. The molecule has 3 amide bonds. The first kappa shape index (κ1) is 18.4. The van der Waals surface area contributed by atoms with Gasteiger partial charge in [-0.05, 0) is 42.3 Å². The minimum absolute atomic E-state index is 0.110. The van der Waals surface area contributed by atoms with Crippen LogP contribution in [0.3, 0.4) is 0 Å². The lowest BCUT2D eigenvalue weighted by Crippen LogP contribution is -2.43. The van der Waals surface area contributed by atoms with Gasteiger partial charge in [-0.15, -0.1) is 0 Å². The number of rotatable bonds is 5. The van der Waals surface area contributed by atoms with E-state index >= 15 is 0 Å². The molecule has 1 saturated heterocycles. The molecule has 1 aliphatic heterocycles. The number of hydrogen-bond acceptors (Lipinski definition) is 4. The molecule has 0 aromatic heterocycles. The molecule has 2 aromatic carbocycles. The molecule has 1 aliphatic rings. The molecule has 27 heavy (non-hydrogen) atoms. The van der Waals surface area contributed by atoms with Crippen molar-refractivity contribution in [2.24, 2.45) is 0 Å². The Bertz CT molecular complexity index is 936. The summed E-state index contributed by atoms with van der Waals surface area (Å²) in [5.74, 6) is -0.399. The van der Waals surface area contributed by atoms with Gasteiger partial charge >= 0.3 is 6.03 Å². The number of hydrogen-bond donors (Lipinski definition) is 1. The highest BCUT2D eigenvalue weighted by atomic mass is 19.1. The van der Waals surface area contributed by atoms with Crippen molar-refractivity contribution < 1.29 is 18.7 Å². The third kappa shape index (κ3) is 3.10. The maximum Gasteiger partial charge on any atom is 0.325 e. The van der Waals surface area contributed by atoms with Crippen molar-refractivity contribution in [3.05, 3.63) is 65.0 Å². The lowest BCUT2D eigenvalue weighted by Gasteiger charge is -2.26. The van der Waals surface area contributed by atoms with Crippen LogP contribution in [0.4, 0.5) is 9.18 Å². The molecule has 2 aromatic rings. The third-order valence-electron chi connectivity index (χ3n) is 4.79. The summed E-state index contributed by atoms with van der Waals surface area (Å²) in [5, 5.41) is 11.7. The first-order valence-corrected chi connectivity index (χ1v) is 8.42.